The minimum Gasteiger partial charge on any atom is -0.486 e. The van der Waals surface area contributed by atoms with Gasteiger partial charge >= 0.3 is 0 Å². The molecule has 9 heteroatoms. The lowest BCUT2D eigenvalue weighted by Gasteiger charge is -2.18. The van der Waals surface area contributed by atoms with E-state index in [1.165, 1.54) is 12.1 Å². The van der Waals surface area contributed by atoms with E-state index in [1.54, 1.807) is 30.3 Å². The maximum atomic E-state index is 13.6. The predicted molar refractivity (Wildman–Crippen MR) is 124 cm³/mol. The Morgan fingerprint density at radius 2 is 1.67 bits per heavy atom. The second kappa shape index (κ2) is 8.46. The van der Waals surface area contributed by atoms with Crippen molar-refractivity contribution in [3.05, 3.63) is 77.3 Å². The van der Waals surface area contributed by atoms with Gasteiger partial charge in [-0.05, 0) is 55.0 Å². The summed E-state index contributed by atoms with van der Waals surface area (Å²) in [5.74, 6) is 1.04. The lowest BCUT2D eigenvalue weighted by Crippen LogP contribution is -2.16. The van der Waals surface area contributed by atoms with Gasteiger partial charge < -0.3 is 19.2 Å². The quantitative estimate of drug-likeness (QED) is 0.393. The number of benzene rings is 3. The van der Waals surface area contributed by atoms with Gasteiger partial charge in [0.25, 0.3) is 0 Å². The summed E-state index contributed by atoms with van der Waals surface area (Å²) in [6.45, 7) is 2.67. The average Bonchev–Trinajstić information content (AvgIpc) is 3.25. The highest BCUT2D eigenvalue weighted by molar-refractivity contribution is 7.91. The zero-order chi connectivity index (χ0) is 23.0. The maximum absolute atomic E-state index is 13.6. The molecule has 0 aliphatic carbocycles. The van der Waals surface area contributed by atoms with Crippen LogP contribution in [0.2, 0.25) is 5.02 Å². The van der Waals surface area contributed by atoms with E-state index in [1.807, 2.05) is 31.2 Å². The lowest BCUT2D eigenvalue weighted by atomic mass is 10.2. The van der Waals surface area contributed by atoms with Crippen molar-refractivity contribution in [1.29, 1.82) is 0 Å². The second-order valence-electron chi connectivity index (χ2n) is 7.41. The van der Waals surface area contributed by atoms with Gasteiger partial charge in [0, 0.05) is 22.3 Å². The third-order valence-corrected chi connectivity index (χ3v) is 7.07. The number of fused-ring (bicyclic) bond motifs is 1. The maximum Gasteiger partial charge on any atom is 0.238 e. The van der Waals surface area contributed by atoms with Gasteiger partial charge in [-0.25, -0.2) is 8.42 Å². The molecule has 3 aromatic carbocycles. The molecule has 1 aliphatic rings. The predicted octanol–water partition coefficient (Wildman–Crippen LogP) is 5.65. The van der Waals surface area contributed by atoms with Gasteiger partial charge in [0.1, 0.15) is 13.2 Å². The molecule has 0 saturated heterocycles. The standard InChI is InChI=1S/C24H19ClN2O5S/c1-15-4-2-3-5-19(15)26-23-24(27-22(32-23)16-6-8-17(25)9-7-16)33(28,29)18-10-11-20-21(14-18)31-13-12-30-20/h2-11,14,26H,12-13H2,1H3. The van der Waals surface area contributed by atoms with Crippen LogP contribution in [0.15, 0.2) is 81.1 Å². The fraction of sp³-hybridized carbons (Fsp3) is 0.125. The van der Waals surface area contributed by atoms with Crippen LogP contribution in [-0.2, 0) is 9.84 Å². The molecule has 33 heavy (non-hydrogen) atoms. The third kappa shape index (κ3) is 4.15. The fourth-order valence-corrected chi connectivity index (χ4v) is 4.82. The number of rotatable bonds is 5. The molecule has 1 aliphatic heterocycles. The zero-order valence-corrected chi connectivity index (χ0v) is 19.1. The summed E-state index contributed by atoms with van der Waals surface area (Å²) >= 11 is 5.99. The van der Waals surface area contributed by atoms with Crippen molar-refractivity contribution in [2.45, 2.75) is 16.8 Å². The molecule has 0 bridgehead atoms. The number of aryl methyl sites for hydroxylation is 1. The van der Waals surface area contributed by atoms with E-state index in [0.29, 0.717) is 41.0 Å². The minimum atomic E-state index is -4.06. The first-order valence-corrected chi connectivity index (χ1v) is 12.0. The molecule has 1 N–H and O–H groups in total. The summed E-state index contributed by atoms with van der Waals surface area (Å²) in [5.41, 5.74) is 2.22. The van der Waals surface area contributed by atoms with Crippen molar-refractivity contribution in [2.75, 3.05) is 18.5 Å². The number of nitrogens with one attached hydrogen (secondary N) is 1. The molecule has 0 unspecified atom stereocenters. The SMILES string of the molecule is Cc1ccccc1Nc1oc(-c2ccc(Cl)cc2)nc1S(=O)(=O)c1ccc2c(c1)OCCO2. The van der Waals surface area contributed by atoms with E-state index in [0.717, 1.165) is 5.56 Å². The Hall–Kier alpha value is -3.49. The van der Waals surface area contributed by atoms with Crippen LogP contribution in [0.25, 0.3) is 11.5 Å². The van der Waals surface area contributed by atoms with Crippen LogP contribution >= 0.6 is 11.6 Å². The van der Waals surface area contributed by atoms with Crippen molar-refractivity contribution < 1.29 is 22.3 Å². The Labute approximate surface area is 195 Å². The summed E-state index contributed by atoms with van der Waals surface area (Å²) in [4.78, 5) is 4.39. The van der Waals surface area contributed by atoms with Crippen LogP contribution in [0, 0.1) is 6.92 Å². The van der Waals surface area contributed by atoms with Gasteiger partial charge in [-0.15, -0.1) is 0 Å². The van der Waals surface area contributed by atoms with Gasteiger partial charge in [-0.1, -0.05) is 29.8 Å². The second-order valence-corrected chi connectivity index (χ2v) is 9.71. The summed E-state index contributed by atoms with van der Waals surface area (Å²) in [6.07, 6.45) is 0. The van der Waals surface area contributed by atoms with Crippen molar-refractivity contribution >= 4 is 33.0 Å². The number of aromatic nitrogens is 1. The van der Waals surface area contributed by atoms with Crippen LogP contribution in [0.1, 0.15) is 5.56 Å². The number of halogens is 1. The van der Waals surface area contributed by atoms with Crippen LogP contribution in [0.3, 0.4) is 0 Å². The number of nitrogens with zero attached hydrogens (tertiary/aromatic N) is 1. The number of hydrogen-bond donors (Lipinski definition) is 1. The van der Waals surface area contributed by atoms with Crippen molar-refractivity contribution in [2.24, 2.45) is 0 Å². The number of ether oxygens (including phenoxy) is 2. The molecule has 0 amide bonds. The molecule has 7 nitrogen and oxygen atoms in total. The van der Waals surface area contributed by atoms with Crippen LogP contribution < -0.4 is 14.8 Å². The Kier molecular flexibility index (Phi) is 5.47. The van der Waals surface area contributed by atoms with Gasteiger partial charge in [0.05, 0.1) is 4.90 Å². The summed E-state index contributed by atoms with van der Waals surface area (Å²) in [6, 6.07) is 18.8. The Bertz CT molecular complexity index is 1430. The van der Waals surface area contributed by atoms with Crippen LogP contribution in [0.5, 0.6) is 11.5 Å². The molecule has 5 rings (SSSR count). The number of hydrogen-bond acceptors (Lipinski definition) is 7. The largest absolute Gasteiger partial charge is 0.486 e. The van der Waals surface area contributed by atoms with Crippen molar-refractivity contribution in [1.82, 2.24) is 4.98 Å². The summed E-state index contributed by atoms with van der Waals surface area (Å²) in [5, 5.41) is 3.41. The number of sulfone groups is 1. The molecular formula is C24H19ClN2O5S. The van der Waals surface area contributed by atoms with Gasteiger partial charge in [0.2, 0.25) is 26.6 Å². The highest BCUT2D eigenvalue weighted by Crippen LogP contribution is 2.38. The van der Waals surface area contributed by atoms with Crippen molar-refractivity contribution in [3.63, 3.8) is 0 Å². The molecule has 0 spiro atoms. The summed E-state index contributed by atoms with van der Waals surface area (Å²) < 4.78 is 44.3. The van der Waals surface area contributed by atoms with E-state index in [-0.39, 0.29) is 21.7 Å². The van der Waals surface area contributed by atoms with Crippen molar-refractivity contribution in [3.8, 4) is 23.0 Å². The van der Waals surface area contributed by atoms with Crippen LogP contribution in [-0.4, -0.2) is 26.6 Å². The number of anilines is 2. The highest BCUT2D eigenvalue weighted by atomic mass is 35.5. The average molecular weight is 483 g/mol. The molecule has 0 radical (unpaired) electrons. The number of oxazole rings is 1. The third-order valence-electron chi connectivity index (χ3n) is 5.16. The van der Waals surface area contributed by atoms with E-state index in [4.69, 9.17) is 25.5 Å². The number of para-hydroxylation sites is 1. The molecule has 0 fully saturated rings. The Morgan fingerprint density at radius 1 is 0.939 bits per heavy atom. The van der Waals surface area contributed by atoms with Crippen LogP contribution in [0.4, 0.5) is 11.6 Å². The van der Waals surface area contributed by atoms with Gasteiger partial charge in [-0.3, -0.25) is 0 Å². The summed E-state index contributed by atoms with van der Waals surface area (Å²) in [7, 11) is -4.06. The molecular weight excluding hydrogens is 464 g/mol. The van der Waals surface area contributed by atoms with E-state index < -0.39 is 9.84 Å². The van der Waals surface area contributed by atoms with E-state index >= 15 is 0 Å². The van der Waals surface area contributed by atoms with Gasteiger partial charge in [0.15, 0.2) is 11.5 Å². The molecule has 0 atom stereocenters. The fourth-order valence-electron chi connectivity index (χ4n) is 3.42. The smallest absolute Gasteiger partial charge is 0.238 e. The minimum absolute atomic E-state index is 0.0177. The molecule has 2 heterocycles. The highest BCUT2D eigenvalue weighted by Gasteiger charge is 2.30. The first-order chi connectivity index (χ1) is 15.9. The van der Waals surface area contributed by atoms with E-state index in [2.05, 4.69) is 10.3 Å². The van der Waals surface area contributed by atoms with E-state index in [9.17, 15) is 8.42 Å². The Balaban J connectivity index is 1.63. The zero-order valence-electron chi connectivity index (χ0n) is 17.5. The molecule has 0 saturated carbocycles. The first-order valence-electron chi connectivity index (χ1n) is 10.2. The monoisotopic (exact) mass is 482 g/mol. The molecule has 4 aromatic rings. The lowest BCUT2D eigenvalue weighted by molar-refractivity contribution is 0.171. The normalized spacial score (nSPS) is 13.0. The molecule has 168 valence electrons. The Morgan fingerprint density at radius 3 is 2.42 bits per heavy atom. The molecule has 1 aromatic heterocycles. The first kappa shape index (κ1) is 21.4. The van der Waals surface area contributed by atoms with Gasteiger partial charge in [-0.2, -0.15) is 4.98 Å². The topological polar surface area (TPSA) is 90.7 Å².